The largest absolute Gasteiger partial charge is 0.497 e. The molecule has 0 unspecified atom stereocenters. The van der Waals surface area contributed by atoms with Crippen molar-refractivity contribution in [3.63, 3.8) is 0 Å². The van der Waals surface area contributed by atoms with Crippen LogP contribution in [0.25, 0.3) is 11.0 Å². The van der Waals surface area contributed by atoms with Crippen molar-refractivity contribution in [1.29, 1.82) is 0 Å². The van der Waals surface area contributed by atoms with Crippen LogP contribution in [0.1, 0.15) is 41.6 Å². The Bertz CT molecular complexity index is 1190. The molecule has 1 aromatic heterocycles. The van der Waals surface area contributed by atoms with Crippen molar-refractivity contribution < 1.29 is 13.9 Å². The number of carbonyl (C=O) groups excluding carboxylic acids is 1. The molecule has 0 saturated carbocycles. The molecule has 1 atom stereocenters. The molecule has 0 N–H and O–H groups in total. The van der Waals surface area contributed by atoms with Gasteiger partial charge in [0.2, 0.25) is 5.76 Å². The molecule has 7 heteroatoms. The molecule has 2 aromatic carbocycles. The SMILES string of the molecule is CCN(CC)CCN1C(=O)c2oc3cc(OC)ccc3c(=O)c2[C@H]1c1cccc(Cl)c1. The lowest BCUT2D eigenvalue weighted by Gasteiger charge is -2.28. The summed E-state index contributed by atoms with van der Waals surface area (Å²) in [5, 5.41) is 0.974. The second kappa shape index (κ2) is 8.73. The molecule has 0 aliphatic carbocycles. The number of benzene rings is 2. The number of fused-ring (bicyclic) bond motifs is 2. The van der Waals surface area contributed by atoms with E-state index in [1.54, 1.807) is 42.3 Å². The average molecular weight is 441 g/mol. The standard InChI is InChI=1S/C24H25ClN2O4/c1-4-26(5-2)11-12-27-21(15-7-6-8-16(25)13-15)20-22(28)18-10-9-17(30-3)14-19(18)31-23(20)24(27)29/h6-10,13-14,21H,4-5,11-12H2,1-3H3/t21-/m1/s1. The van der Waals surface area contributed by atoms with Gasteiger partial charge in [-0.05, 0) is 42.9 Å². The number of halogens is 1. The van der Waals surface area contributed by atoms with Crippen molar-refractivity contribution in [1.82, 2.24) is 9.80 Å². The first-order chi connectivity index (χ1) is 15.0. The summed E-state index contributed by atoms with van der Waals surface area (Å²) in [6.45, 7) is 7.11. The van der Waals surface area contributed by atoms with Crippen LogP contribution in [0.15, 0.2) is 51.7 Å². The van der Waals surface area contributed by atoms with Crippen LogP contribution in [0.3, 0.4) is 0 Å². The fraction of sp³-hybridized carbons (Fsp3) is 0.333. The number of hydrogen-bond donors (Lipinski definition) is 0. The monoisotopic (exact) mass is 440 g/mol. The highest BCUT2D eigenvalue weighted by Crippen LogP contribution is 2.39. The third kappa shape index (κ3) is 3.82. The highest BCUT2D eigenvalue weighted by molar-refractivity contribution is 6.30. The quantitative estimate of drug-likeness (QED) is 0.546. The molecule has 6 nitrogen and oxygen atoms in total. The Balaban J connectivity index is 1.88. The van der Waals surface area contributed by atoms with E-state index >= 15 is 0 Å². The fourth-order valence-corrected chi connectivity index (χ4v) is 4.37. The highest BCUT2D eigenvalue weighted by atomic mass is 35.5. The summed E-state index contributed by atoms with van der Waals surface area (Å²) in [5.41, 5.74) is 1.29. The minimum absolute atomic E-state index is 0.0928. The molecule has 1 aliphatic rings. The molecule has 0 spiro atoms. The number of rotatable bonds is 7. The summed E-state index contributed by atoms with van der Waals surface area (Å²) in [7, 11) is 1.54. The molecule has 0 fully saturated rings. The highest BCUT2D eigenvalue weighted by Gasteiger charge is 2.42. The van der Waals surface area contributed by atoms with Gasteiger partial charge in [0.1, 0.15) is 11.3 Å². The second-order valence-corrected chi connectivity index (χ2v) is 7.96. The van der Waals surface area contributed by atoms with Gasteiger partial charge in [-0.1, -0.05) is 37.6 Å². The van der Waals surface area contributed by atoms with E-state index in [0.717, 1.165) is 18.7 Å². The Kier molecular flexibility index (Phi) is 6.03. The lowest BCUT2D eigenvalue weighted by molar-refractivity contribution is 0.0708. The number of ether oxygens (including phenoxy) is 1. The van der Waals surface area contributed by atoms with Gasteiger partial charge in [0.05, 0.1) is 24.1 Å². The summed E-state index contributed by atoms with van der Waals surface area (Å²) in [6, 6.07) is 11.8. The molecule has 31 heavy (non-hydrogen) atoms. The van der Waals surface area contributed by atoms with E-state index < -0.39 is 6.04 Å². The first-order valence-electron chi connectivity index (χ1n) is 10.4. The van der Waals surface area contributed by atoms with E-state index in [9.17, 15) is 9.59 Å². The van der Waals surface area contributed by atoms with E-state index in [2.05, 4.69) is 18.7 Å². The summed E-state index contributed by atoms with van der Waals surface area (Å²) < 4.78 is 11.2. The normalized spacial score (nSPS) is 15.7. The van der Waals surface area contributed by atoms with E-state index in [0.29, 0.717) is 40.4 Å². The van der Waals surface area contributed by atoms with Gasteiger partial charge in [0.15, 0.2) is 5.43 Å². The summed E-state index contributed by atoms with van der Waals surface area (Å²) in [5.74, 6) is 0.370. The molecule has 1 amide bonds. The number of methoxy groups -OCH3 is 1. The average Bonchev–Trinajstić information content (AvgIpc) is 3.06. The van der Waals surface area contributed by atoms with E-state index in [-0.39, 0.29) is 17.1 Å². The van der Waals surface area contributed by atoms with Gasteiger partial charge in [-0.25, -0.2) is 0 Å². The van der Waals surface area contributed by atoms with Crippen molar-refractivity contribution in [2.24, 2.45) is 0 Å². The Labute approximate surface area is 186 Å². The smallest absolute Gasteiger partial charge is 0.290 e. The predicted octanol–water partition coefficient (Wildman–Crippen LogP) is 4.34. The van der Waals surface area contributed by atoms with Gasteiger partial charge in [0, 0.05) is 24.2 Å². The maximum Gasteiger partial charge on any atom is 0.290 e. The Hall–Kier alpha value is -2.83. The lowest BCUT2D eigenvalue weighted by atomic mass is 9.98. The zero-order valence-corrected chi connectivity index (χ0v) is 18.6. The van der Waals surface area contributed by atoms with Gasteiger partial charge in [-0.3, -0.25) is 9.59 Å². The maximum atomic E-state index is 13.5. The Morgan fingerprint density at radius 1 is 1.13 bits per heavy atom. The molecular weight excluding hydrogens is 416 g/mol. The summed E-state index contributed by atoms with van der Waals surface area (Å²) >= 11 is 6.25. The molecule has 162 valence electrons. The second-order valence-electron chi connectivity index (χ2n) is 7.52. The molecular formula is C24H25ClN2O4. The fourth-order valence-electron chi connectivity index (χ4n) is 4.17. The zero-order chi connectivity index (χ0) is 22.1. The van der Waals surface area contributed by atoms with Crippen LogP contribution in [0.2, 0.25) is 5.02 Å². The molecule has 4 rings (SSSR count). The van der Waals surface area contributed by atoms with Crippen molar-refractivity contribution in [2.45, 2.75) is 19.9 Å². The van der Waals surface area contributed by atoms with Gasteiger partial charge in [0.25, 0.3) is 5.91 Å². The van der Waals surface area contributed by atoms with Gasteiger partial charge < -0.3 is 19.0 Å². The number of likely N-dealkylation sites (N-methyl/N-ethyl adjacent to an activating group) is 1. The van der Waals surface area contributed by atoms with Crippen molar-refractivity contribution in [3.05, 3.63) is 74.6 Å². The third-order valence-corrected chi connectivity index (χ3v) is 6.13. The maximum absolute atomic E-state index is 13.5. The molecule has 1 aliphatic heterocycles. The van der Waals surface area contributed by atoms with Crippen LogP contribution in [-0.2, 0) is 0 Å². The Morgan fingerprint density at radius 3 is 2.58 bits per heavy atom. The minimum atomic E-state index is -0.542. The number of nitrogens with zero attached hydrogens (tertiary/aromatic N) is 2. The van der Waals surface area contributed by atoms with Crippen LogP contribution in [0.4, 0.5) is 0 Å². The van der Waals surface area contributed by atoms with Crippen LogP contribution in [0, 0.1) is 0 Å². The number of hydrogen-bond acceptors (Lipinski definition) is 5. The van der Waals surface area contributed by atoms with Crippen LogP contribution < -0.4 is 10.2 Å². The molecule has 0 saturated heterocycles. The molecule has 0 bridgehead atoms. The third-order valence-electron chi connectivity index (χ3n) is 5.89. The molecule has 3 aromatic rings. The van der Waals surface area contributed by atoms with Crippen molar-refractivity contribution in [2.75, 3.05) is 33.3 Å². The number of amides is 1. The van der Waals surface area contributed by atoms with Crippen molar-refractivity contribution >= 4 is 28.5 Å². The first kappa shape index (κ1) is 21.4. The lowest BCUT2D eigenvalue weighted by Crippen LogP contribution is -2.37. The van der Waals surface area contributed by atoms with E-state index in [4.69, 9.17) is 20.8 Å². The van der Waals surface area contributed by atoms with Gasteiger partial charge in [-0.2, -0.15) is 0 Å². The number of carbonyl (C=O) groups is 1. The topological polar surface area (TPSA) is 63.0 Å². The van der Waals surface area contributed by atoms with Crippen LogP contribution in [-0.4, -0.2) is 49.0 Å². The summed E-state index contributed by atoms with van der Waals surface area (Å²) in [6.07, 6.45) is 0. The first-order valence-corrected chi connectivity index (χ1v) is 10.8. The van der Waals surface area contributed by atoms with Gasteiger partial charge in [-0.15, -0.1) is 0 Å². The summed E-state index contributed by atoms with van der Waals surface area (Å²) in [4.78, 5) is 30.9. The minimum Gasteiger partial charge on any atom is -0.497 e. The Morgan fingerprint density at radius 2 is 1.90 bits per heavy atom. The zero-order valence-electron chi connectivity index (χ0n) is 17.9. The molecule has 2 heterocycles. The van der Waals surface area contributed by atoms with E-state index in [1.807, 2.05) is 12.1 Å². The predicted molar refractivity (Wildman–Crippen MR) is 121 cm³/mol. The van der Waals surface area contributed by atoms with E-state index in [1.165, 1.54) is 0 Å². The van der Waals surface area contributed by atoms with Crippen molar-refractivity contribution in [3.8, 4) is 5.75 Å². The van der Waals surface area contributed by atoms with Crippen LogP contribution in [0.5, 0.6) is 5.75 Å². The van der Waals surface area contributed by atoms with Crippen LogP contribution >= 0.6 is 11.6 Å². The molecule has 0 radical (unpaired) electrons. The van der Waals surface area contributed by atoms with Gasteiger partial charge >= 0.3 is 0 Å².